The van der Waals surface area contributed by atoms with Crippen LogP contribution in [0.5, 0.6) is 23.0 Å². The van der Waals surface area contributed by atoms with E-state index >= 15 is 0 Å². The van der Waals surface area contributed by atoms with Crippen LogP contribution < -0.4 is 33.9 Å². The molecular formula is C25H34N4O7S. The van der Waals surface area contributed by atoms with E-state index in [1.807, 2.05) is 7.05 Å². The van der Waals surface area contributed by atoms with Crippen molar-refractivity contribution >= 4 is 39.1 Å². The van der Waals surface area contributed by atoms with Gasteiger partial charge in [-0.2, -0.15) is 0 Å². The summed E-state index contributed by atoms with van der Waals surface area (Å²) >= 11 is 0. The van der Waals surface area contributed by atoms with Gasteiger partial charge in [0, 0.05) is 45.2 Å². The van der Waals surface area contributed by atoms with Crippen molar-refractivity contribution in [2.75, 3.05) is 76.6 Å². The average molecular weight is 535 g/mol. The predicted octanol–water partition coefficient (Wildman–Crippen LogP) is 2.84. The van der Waals surface area contributed by atoms with Crippen LogP contribution in [0.15, 0.2) is 29.7 Å². The maximum atomic E-state index is 13.2. The highest BCUT2D eigenvalue weighted by Crippen LogP contribution is 2.42. The molecule has 2 aromatic rings. The van der Waals surface area contributed by atoms with Crippen LogP contribution in [0.1, 0.15) is 12.5 Å². The number of sulfonamides is 1. The third-order valence-corrected chi connectivity index (χ3v) is 6.90. The number of rotatable bonds is 10. The lowest BCUT2D eigenvalue weighted by molar-refractivity contribution is -0.114. The van der Waals surface area contributed by atoms with E-state index in [0.29, 0.717) is 53.0 Å². The highest BCUT2D eigenvalue weighted by molar-refractivity contribution is 7.95. The second-order valence-corrected chi connectivity index (χ2v) is 9.97. The Kier molecular flexibility index (Phi) is 9.11. The zero-order valence-corrected chi connectivity index (χ0v) is 22.8. The molecule has 0 saturated carbocycles. The number of carbonyl (C=O) groups is 1. The number of benzene rings is 2. The number of carbonyl (C=O) groups excluding carboxylic acids is 1. The number of amides is 1. The number of anilines is 3. The van der Waals surface area contributed by atoms with Crippen LogP contribution in [0, 0.1) is 0 Å². The molecule has 1 fully saturated rings. The summed E-state index contributed by atoms with van der Waals surface area (Å²) in [6, 6.07) is 6.49. The van der Waals surface area contributed by atoms with Gasteiger partial charge in [0.1, 0.15) is 28.7 Å². The van der Waals surface area contributed by atoms with E-state index < -0.39 is 10.0 Å². The SMILES string of the molecule is COc1cc(OC)c(/C=C/S(=O)(=O)Nc2ccc(OC)c(N3CCN(C)CC3)c2NC(C)=O)c(OC)c1. The minimum absolute atomic E-state index is 0.211. The van der Waals surface area contributed by atoms with Crippen LogP contribution >= 0.6 is 0 Å². The summed E-state index contributed by atoms with van der Waals surface area (Å²) in [5.74, 6) is 1.44. The Labute approximate surface area is 218 Å². The van der Waals surface area contributed by atoms with Crippen LogP contribution in [0.4, 0.5) is 17.1 Å². The summed E-state index contributed by atoms with van der Waals surface area (Å²) in [6.07, 6.45) is 1.38. The zero-order valence-electron chi connectivity index (χ0n) is 22.0. The number of hydrogen-bond acceptors (Lipinski definition) is 9. The number of ether oxygens (including phenoxy) is 4. The molecule has 3 rings (SSSR count). The van der Waals surface area contributed by atoms with E-state index in [2.05, 4.69) is 19.8 Å². The van der Waals surface area contributed by atoms with E-state index in [9.17, 15) is 13.2 Å². The van der Waals surface area contributed by atoms with E-state index in [4.69, 9.17) is 18.9 Å². The maximum absolute atomic E-state index is 13.2. The minimum Gasteiger partial charge on any atom is -0.496 e. The average Bonchev–Trinajstić information content (AvgIpc) is 2.87. The molecule has 2 N–H and O–H groups in total. The van der Waals surface area contributed by atoms with Gasteiger partial charge in [0.2, 0.25) is 5.91 Å². The van der Waals surface area contributed by atoms with Gasteiger partial charge in [0.15, 0.2) is 0 Å². The van der Waals surface area contributed by atoms with Crippen molar-refractivity contribution in [3.05, 3.63) is 35.2 Å². The molecule has 0 aromatic heterocycles. The first-order chi connectivity index (χ1) is 17.6. The van der Waals surface area contributed by atoms with Gasteiger partial charge in [-0.05, 0) is 25.3 Å². The second kappa shape index (κ2) is 12.1. The number of hydrogen-bond donors (Lipinski definition) is 2. The molecule has 12 heteroatoms. The largest absolute Gasteiger partial charge is 0.496 e. The normalized spacial score (nSPS) is 14.4. The summed E-state index contributed by atoms with van der Waals surface area (Å²) in [4.78, 5) is 16.4. The molecule has 0 aliphatic carbocycles. The highest BCUT2D eigenvalue weighted by atomic mass is 32.2. The predicted molar refractivity (Wildman–Crippen MR) is 145 cm³/mol. The highest BCUT2D eigenvalue weighted by Gasteiger charge is 2.25. The van der Waals surface area contributed by atoms with E-state index in [0.717, 1.165) is 18.5 Å². The first-order valence-corrected chi connectivity index (χ1v) is 13.1. The summed E-state index contributed by atoms with van der Waals surface area (Å²) in [6.45, 7) is 4.37. The molecule has 1 aliphatic heterocycles. The Morgan fingerprint density at radius 3 is 2.03 bits per heavy atom. The smallest absolute Gasteiger partial charge is 0.255 e. The van der Waals surface area contributed by atoms with Gasteiger partial charge in [-0.3, -0.25) is 9.52 Å². The van der Waals surface area contributed by atoms with Crippen LogP contribution in [0.25, 0.3) is 6.08 Å². The van der Waals surface area contributed by atoms with Crippen molar-refractivity contribution in [2.24, 2.45) is 0 Å². The van der Waals surface area contributed by atoms with Crippen LogP contribution in [-0.2, 0) is 14.8 Å². The third-order valence-electron chi connectivity index (χ3n) is 5.90. The van der Waals surface area contributed by atoms with Crippen molar-refractivity contribution < 1.29 is 32.2 Å². The molecule has 37 heavy (non-hydrogen) atoms. The Morgan fingerprint density at radius 1 is 0.919 bits per heavy atom. The van der Waals surface area contributed by atoms with Crippen LogP contribution in [0.3, 0.4) is 0 Å². The molecule has 0 unspecified atom stereocenters. The molecule has 0 atom stereocenters. The Morgan fingerprint density at radius 2 is 1.51 bits per heavy atom. The number of nitrogens with one attached hydrogen (secondary N) is 2. The summed E-state index contributed by atoms with van der Waals surface area (Å²) in [5, 5.41) is 3.80. The first kappa shape index (κ1) is 27.9. The molecule has 2 aromatic carbocycles. The molecule has 1 heterocycles. The van der Waals surface area contributed by atoms with Gasteiger partial charge >= 0.3 is 0 Å². The van der Waals surface area contributed by atoms with Gasteiger partial charge < -0.3 is 34.1 Å². The van der Waals surface area contributed by atoms with Gasteiger partial charge in [0.25, 0.3) is 10.0 Å². The molecule has 0 bridgehead atoms. The second-order valence-electron chi connectivity index (χ2n) is 8.41. The zero-order chi connectivity index (χ0) is 27.2. The monoisotopic (exact) mass is 534 g/mol. The molecule has 1 saturated heterocycles. The van der Waals surface area contributed by atoms with Gasteiger partial charge in [-0.25, -0.2) is 8.42 Å². The van der Waals surface area contributed by atoms with Gasteiger partial charge in [0.05, 0.1) is 50.8 Å². The molecule has 0 spiro atoms. The molecule has 0 radical (unpaired) electrons. The molecule has 1 aliphatic rings. The van der Waals surface area contributed by atoms with Crippen molar-refractivity contribution in [3.8, 4) is 23.0 Å². The molecule has 202 valence electrons. The lowest BCUT2D eigenvalue weighted by Gasteiger charge is -2.36. The standard InChI is InChI=1S/C25H34N4O7S/c1-17(30)26-24-20(7-8-21(34-4)25(24)29-12-10-28(2)11-13-29)27-37(31,32)14-9-19-22(35-5)15-18(33-3)16-23(19)36-6/h7-9,14-16,27H,10-13H2,1-6H3,(H,26,30)/b14-9+. The quantitative estimate of drug-likeness (QED) is 0.474. The topological polar surface area (TPSA) is 119 Å². The first-order valence-electron chi connectivity index (χ1n) is 11.5. The fraction of sp³-hybridized carbons (Fsp3) is 0.400. The fourth-order valence-electron chi connectivity index (χ4n) is 4.01. The van der Waals surface area contributed by atoms with Crippen molar-refractivity contribution in [2.45, 2.75) is 6.92 Å². The number of likely N-dealkylation sites (N-methyl/N-ethyl adjacent to an activating group) is 1. The van der Waals surface area contributed by atoms with Gasteiger partial charge in [-0.15, -0.1) is 0 Å². The number of methoxy groups -OCH3 is 4. The minimum atomic E-state index is -4.02. The lowest BCUT2D eigenvalue weighted by Crippen LogP contribution is -2.45. The van der Waals surface area contributed by atoms with Crippen LogP contribution in [0.2, 0.25) is 0 Å². The third kappa shape index (κ3) is 6.77. The number of piperazine rings is 1. The molecule has 1 amide bonds. The van der Waals surface area contributed by atoms with Crippen molar-refractivity contribution in [1.29, 1.82) is 0 Å². The summed E-state index contributed by atoms with van der Waals surface area (Å²) in [7, 11) is 3.99. The number of nitrogens with zero attached hydrogens (tertiary/aromatic N) is 2. The van der Waals surface area contributed by atoms with E-state index in [1.165, 1.54) is 41.4 Å². The Bertz CT molecular complexity index is 1230. The summed E-state index contributed by atoms with van der Waals surface area (Å²) < 4.78 is 50.5. The maximum Gasteiger partial charge on any atom is 0.255 e. The van der Waals surface area contributed by atoms with Crippen LogP contribution in [-0.4, -0.2) is 80.9 Å². The summed E-state index contributed by atoms with van der Waals surface area (Å²) in [5.41, 5.74) is 1.58. The van der Waals surface area contributed by atoms with Crippen molar-refractivity contribution in [1.82, 2.24) is 4.90 Å². The molecular weight excluding hydrogens is 500 g/mol. The van der Waals surface area contributed by atoms with Gasteiger partial charge in [-0.1, -0.05) is 0 Å². The van der Waals surface area contributed by atoms with Crippen molar-refractivity contribution in [3.63, 3.8) is 0 Å². The Hall–Kier alpha value is -3.64. The fourth-order valence-corrected chi connectivity index (χ4v) is 4.87. The van der Waals surface area contributed by atoms with E-state index in [-0.39, 0.29) is 11.6 Å². The lowest BCUT2D eigenvalue weighted by atomic mass is 10.1. The van der Waals surface area contributed by atoms with E-state index in [1.54, 1.807) is 24.3 Å². The molecule has 11 nitrogen and oxygen atoms in total. The Balaban J connectivity index is 2.01.